The van der Waals surface area contributed by atoms with E-state index in [-0.39, 0.29) is 17.6 Å². The Labute approximate surface area is 145 Å². The van der Waals surface area contributed by atoms with Crippen molar-refractivity contribution in [3.63, 3.8) is 0 Å². The van der Waals surface area contributed by atoms with Gasteiger partial charge in [-0.2, -0.15) is 0 Å². The summed E-state index contributed by atoms with van der Waals surface area (Å²) in [5.74, 6) is 0. The van der Waals surface area contributed by atoms with Crippen LogP contribution in [0.25, 0.3) is 0 Å². The second-order valence-electron chi connectivity index (χ2n) is 7.35. The molecule has 0 radical (unpaired) electrons. The molecular formula is C20H28N2O2. The number of ether oxygens (including phenoxy) is 1. The predicted molar refractivity (Wildman–Crippen MR) is 96.3 cm³/mol. The first-order valence-electron chi connectivity index (χ1n) is 8.76. The Balaban J connectivity index is 1.82. The summed E-state index contributed by atoms with van der Waals surface area (Å²) in [6.07, 6.45) is 5.00. The van der Waals surface area contributed by atoms with Gasteiger partial charge in [-0.3, -0.25) is 0 Å². The molecule has 1 aliphatic heterocycles. The zero-order valence-corrected chi connectivity index (χ0v) is 15.0. The number of amides is 2. The molecule has 24 heavy (non-hydrogen) atoms. The van der Waals surface area contributed by atoms with Crippen LogP contribution in [-0.4, -0.2) is 49.6 Å². The molecule has 4 heteroatoms. The first-order chi connectivity index (χ1) is 11.5. The summed E-state index contributed by atoms with van der Waals surface area (Å²) < 4.78 is 6.07. The summed E-state index contributed by atoms with van der Waals surface area (Å²) in [5, 5.41) is 0. The zero-order valence-electron chi connectivity index (χ0n) is 15.0. The minimum atomic E-state index is 0.117. The number of benzene rings is 1. The van der Waals surface area contributed by atoms with E-state index in [0.29, 0.717) is 6.61 Å². The van der Waals surface area contributed by atoms with Crippen molar-refractivity contribution in [1.29, 1.82) is 0 Å². The van der Waals surface area contributed by atoms with Gasteiger partial charge in [0.2, 0.25) is 0 Å². The van der Waals surface area contributed by atoms with Crippen LogP contribution in [0.5, 0.6) is 0 Å². The average Bonchev–Trinajstić information content (AvgIpc) is 2.86. The van der Waals surface area contributed by atoms with E-state index in [2.05, 4.69) is 31.7 Å². The lowest BCUT2D eigenvalue weighted by molar-refractivity contribution is 0.0509. The summed E-state index contributed by atoms with van der Waals surface area (Å²) in [6, 6.07) is 6.88. The topological polar surface area (TPSA) is 32.8 Å². The molecule has 0 N–H and O–H groups in total. The Morgan fingerprint density at radius 2 is 2.12 bits per heavy atom. The quantitative estimate of drug-likeness (QED) is 0.793. The van der Waals surface area contributed by atoms with E-state index < -0.39 is 0 Å². The molecule has 1 heterocycles. The molecule has 0 bridgehead atoms. The first kappa shape index (κ1) is 17.0. The van der Waals surface area contributed by atoms with Gasteiger partial charge in [-0.15, -0.1) is 6.58 Å². The number of rotatable bonds is 3. The lowest BCUT2D eigenvalue weighted by Gasteiger charge is -2.41. The summed E-state index contributed by atoms with van der Waals surface area (Å²) in [5.41, 5.74) is 4.19. The molecule has 1 saturated heterocycles. The van der Waals surface area contributed by atoms with Gasteiger partial charge in [0.25, 0.3) is 0 Å². The van der Waals surface area contributed by atoms with Gasteiger partial charge in [-0.05, 0) is 37.3 Å². The highest BCUT2D eigenvalue weighted by molar-refractivity contribution is 5.74. The first-order valence-corrected chi connectivity index (χ1v) is 8.76. The molecular weight excluding hydrogens is 300 g/mol. The van der Waals surface area contributed by atoms with Crippen LogP contribution in [-0.2, 0) is 10.2 Å². The zero-order chi connectivity index (χ0) is 17.3. The molecule has 2 amide bonds. The van der Waals surface area contributed by atoms with Gasteiger partial charge in [0.05, 0.1) is 12.7 Å². The van der Waals surface area contributed by atoms with E-state index >= 15 is 0 Å². The molecule has 1 aliphatic carbocycles. The summed E-state index contributed by atoms with van der Waals surface area (Å²) in [6.45, 7) is 8.12. The largest absolute Gasteiger partial charge is 0.369 e. The summed E-state index contributed by atoms with van der Waals surface area (Å²) in [7, 11) is 3.64. The molecule has 2 aliphatic rings. The Bertz CT molecular complexity index is 631. The van der Waals surface area contributed by atoms with E-state index in [1.165, 1.54) is 16.7 Å². The van der Waals surface area contributed by atoms with Crippen molar-refractivity contribution in [3.8, 4) is 0 Å². The van der Waals surface area contributed by atoms with Crippen LogP contribution in [0.15, 0.2) is 30.9 Å². The number of aryl methyl sites for hydroxylation is 1. The number of likely N-dealkylation sites (tertiary alicyclic amines) is 1. The van der Waals surface area contributed by atoms with Crippen LogP contribution in [0, 0.1) is 6.92 Å². The van der Waals surface area contributed by atoms with Gasteiger partial charge in [0, 0.05) is 32.6 Å². The average molecular weight is 328 g/mol. The highest BCUT2D eigenvalue weighted by Gasteiger charge is 2.46. The Morgan fingerprint density at radius 3 is 2.75 bits per heavy atom. The van der Waals surface area contributed by atoms with Crippen LogP contribution < -0.4 is 0 Å². The monoisotopic (exact) mass is 328 g/mol. The Morgan fingerprint density at radius 1 is 1.42 bits per heavy atom. The normalized spacial score (nSPS) is 21.6. The van der Waals surface area contributed by atoms with Crippen molar-refractivity contribution < 1.29 is 9.53 Å². The van der Waals surface area contributed by atoms with Crippen molar-refractivity contribution in [1.82, 2.24) is 9.80 Å². The van der Waals surface area contributed by atoms with Gasteiger partial charge in [0.15, 0.2) is 0 Å². The third kappa shape index (κ3) is 2.95. The molecule has 1 spiro atoms. The smallest absolute Gasteiger partial charge is 0.319 e. The minimum absolute atomic E-state index is 0.117. The molecule has 1 atom stereocenters. The van der Waals surface area contributed by atoms with Gasteiger partial charge >= 0.3 is 6.03 Å². The van der Waals surface area contributed by atoms with Crippen LogP contribution >= 0.6 is 0 Å². The number of urea groups is 1. The van der Waals surface area contributed by atoms with Crippen LogP contribution in [0.3, 0.4) is 0 Å². The standard InChI is InChI=1S/C20H28N2O2/c1-5-12-24-18-14-20(17-7-6-15(2)13-16(17)18)8-10-22(11-9-20)19(23)21(3)4/h5-7,13,18H,1,8-12,14H2,2-4H3/t18-/m1/s1. The van der Waals surface area contributed by atoms with Gasteiger partial charge in [0.1, 0.15) is 0 Å². The predicted octanol–water partition coefficient (Wildman–Crippen LogP) is 3.66. The van der Waals surface area contributed by atoms with Crippen molar-refractivity contribution in [2.75, 3.05) is 33.8 Å². The fourth-order valence-electron chi connectivity index (χ4n) is 4.22. The number of carbonyl (C=O) groups excluding carboxylic acids is 1. The lowest BCUT2D eigenvalue weighted by Crippen LogP contribution is -2.47. The molecule has 1 fully saturated rings. The molecule has 0 unspecified atom stereocenters. The third-order valence-electron chi connectivity index (χ3n) is 5.49. The third-order valence-corrected chi connectivity index (χ3v) is 5.49. The molecule has 130 valence electrons. The maximum Gasteiger partial charge on any atom is 0.319 e. The highest BCUT2D eigenvalue weighted by atomic mass is 16.5. The molecule has 0 saturated carbocycles. The molecule has 1 aromatic carbocycles. The van der Waals surface area contributed by atoms with E-state index in [0.717, 1.165) is 32.4 Å². The molecule has 3 rings (SSSR count). The van der Waals surface area contributed by atoms with E-state index in [9.17, 15) is 4.79 Å². The number of carbonyl (C=O) groups is 1. The van der Waals surface area contributed by atoms with E-state index in [1.807, 2.05) is 25.1 Å². The van der Waals surface area contributed by atoms with Crippen LogP contribution in [0.2, 0.25) is 0 Å². The minimum Gasteiger partial charge on any atom is -0.369 e. The maximum absolute atomic E-state index is 12.2. The molecule has 0 aromatic heterocycles. The second-order valence-corrected chi connectivity index (χ2v) is 7.35. The lowest BCUT2D eigenvalue weighted by atomic mass is 9.73. The van der Waals surface area contributed by atoms with Crippen molar-refractivity contribution in [3.05, 3.63) is 47.5 Å². The van der Waals surface area contributed by atoms with Gasteiger partial charge in [-0.1, -0.05) is 29.8 Å². The van der Waals surface area contributed by atoms with Gasteiger partial charge in [-0.25, -0.2) is 4.79 Å². The van der Waals surface area contributed by atoms with Crippen LogP contribution in [0.4, 0.5) is 4.79 Å². The summed E-state index contributed by atoms with van der Waals surface area (Å²) in [4.78, 5) is 15.8. The number of nitrogens with zero attached hydrogens (tertiary/aromatic N) is 2. The highest BCUT2D eigenvalue weighted by Crippen LogP contribution is 2.52. The second kappa shape index (κ2) is 6.60. The fourth-order valence-corrected chi connectivity index (χ4v) is 4.22. The number of fused-ring (bicyclic) bond motifs is 2. The SMILES string of the molecule is C=CCO[C@@H]1CC2(CCN(C(=O)N(C)C)CC2)c2ccc(C)cc21. The number of hydrogen-bond donors (Lipinski definition) is 0. The maximum atomic E-state index is 12.2. The molecule has 1 aromatic rings. The molecule has 4 nitrogen and oxygen atoms in total. The Hall–Kier alpha value is -1.81. The van der Waals surface area contributed by atoms with Crippen LogP contribution in [0.1, 0.15) is 42.1 Å². The van der Waals surface area contributed by atoms with Gasteiger partial charge < -0.3 is 14.5 Å². The number of piperidine rings is 1. The van der Waals surface area contributed by atoms with Crippen molar-refractivity contribution in [2.24, 2.45) is 0 Å². The summed E-state index contributed by atoms with van der Waals surface area (Å²) >= 11 is 0. The number of hydrogen-bond acceptors (Lipinski definition) is 2. The van der Waals surface area contributed by atoms with E-state index in [1.54, 1.807) is 4.90 Å². The fraction of sp³-hybridized carbons (Fsp3) is 0.550. The van der Waals surface area contributed by atoms with Crippen molar-refractivity contribution in [2.45, 2.75) is 37.7 Å². The Kier molecular flexibility index (Phi) is 4.68. The van der Waals surface area contributed by atoms with Crippen molar-refractivity contribution >= 4 is 6.03 Å². The van der Waals surface area contributed by atoms with E-state index in [4.69, 9.17) is 4.74 Å².